The molecule has 1 saturated carbocycles. The van der Waals surface area contributed by atoms with Gasteiger partial charge in [0.2, 0.25) is 5.91 Å². The fraction of sp³-hybridized carbons (Fsp3) is 0.458. The fourth-order valence-electron chi connectivity index (χ4n) is 5.40. The van der Waals surface area contributed by atoms with Gasteiger partial charge in [0, 0.05) is 32.2 Å². The van der Waals surface area contributed by atoms with Gasteiger partial charge in [0.1, 0.15) is 5.41 Å². The third kappa shape index (κ3) is 3.36. The average molecular weight is 378 g/mol. The number of nitrogens with two attached hydrogens (primary N) is 1. The third-order valence-electron chi connectivity index (χ3n) is 6.92. The highest BCUT2D eigenvalue weighted by Crippen LogP contribution is 2.47. The van der Waals surface area contributed by atoms with Crippen molar-refractivity contribution in [1.82, 2.24) is 9.80 Å². The molecule has 2 aromatic rings. The maximum absolute atomic E-state index is 13.1. The standard InChI is InChI=1S/C24H31N3O/c1-26-14-16-27(17-15-26)22-13-12-21(18-22)24(23(25)28,19-8-4-2-5-9-19)20-10-6-3-7-11-20/h2-11,21-22H,12-18H2,1H3,(H2,25,28). The van der Waals surface area contributed by atoms with Crippen LogP contribution in [0.1, 0.15) is 30.4 Å². The summed E-state index contributed by atoms with van der Waals surface area (Å²) in [7, 11) is 2.19. The van der Waals surface area contributed by atoms with Crippen molar-refractivity contribution < 1.29 is 4.79 Å². The number of amides is 1. The summed E-state index contributed by atoms with van der Waals surface area (Å²) >= 11 is 0. The number of hydrogen-bond donors (Lipinski definition) is 1. The SMILES string of the molecule is CN1CCN(C2CCC(C(C(N)=O)(c3ccccc3)c3ccccc3)C2)CC1. The predicted molar refractivity (Wildman–Crippen MR) is 113 cm³/mol. The van der Waals surface area contributed by atoms with Crippen molar-refractivity contribution in [3.8, 4) is 0 Å². The summed E-state index contributed by atoms with van der Waals surface area (Å²) < 4.78 is 0. The maximum atomic E-state index is 13.1. The molecular weight excluding hydrogens is 346 g/mol. The number of primary amides is 1. The van der Waals surface area contributed by atoms with Crippen LogP contribution in [-0.4, -0.2) is 55.0 Å². The largest absolute Gasteiger partial charge is 0.369 e. The third-order valence-corrected chi connectivity index (χ3v) is 6.92. The minimum Gasteiger partial charge on any atom is -0.369 e. The first kappa shape index (κ1) is 19.2. The van der Waals surface area contributed by atoms with E-state index in [1.807, 2.05) is 36.4 Å². The molecule has 0 bridgehead atoms. The molecule has 28 heavy (non-hydrogen) atoms. The maximum Gasteiger partial charge on any atom is 0.232 e. The quantitative estimate of drug-likeness (QED) is 0.872. The molecule has 4 rings (SSSR count). The van der Waals surface area contributed by atoms with Gasteiger partial charge in [0.25, 0.3) is 0 Å². The number of hydrogen-bond acceptors (Lipinski definition) is 3. The molecule has 4 heteroatoms. The van der Waals surface area contributed by atoms with Gasteiger partial charge < -0.3 is 10.6 Å². The van der Waals surface area contributed by atoms with Crippen LogP contribution >= 0.6 is 0 Å². The predicted octanol–water partition coefficient (Wildman–Crippen LogP) is 2.87. The van der Waals surface area contributed by atoms with E-state index >= 15 is 0 Å². The average Bonchev–Trinajstić information content (AvgIpc) is 3.21. The van der Waals surface area contributed by atoms with Crippen LogP contribution in [-0.2, 0) is 10.2 Å². The van der Waals surface area contributed by atoms with Gasteiger partial charge in [-0.2, -0.15) is 0 Å². The molecule has 2 unspecified atom stereocenters. The highest BCUT2D eigenvalue weighted by Gasteiger charge is 2.50. The molecule has 2 atom stereocenters. The first-order chi connectivity index (χ1) is 13.6. The Morgan fingerprint density at radius 3 is 1.93 bits per heavy atom. The molecule has 1 amide bonds. The van der Waals surface area contributed by atoms with Crippen molar-refractivity contribution >= 4 is 5.91 Å². The van der Waals surface area contributed by atoms with Crippen molar-refractivity contribution in [2.75, 3.05) is 33.2 Å². The van der Waals surface area contributed by atoms with E-state index in [9.17, 15) is 4.79 Å². The second-order valence-corrected chi connectivity index (χ2v) is 8.41. The summed E-state index contributed by atoms with van der Waals surface area (Å²) in [5.74, 6) is -0.00613. The molecule has 1 aliphatic carbocycles. The summed E-state index contributed by atoms with van der Waals surface area (Å²) in [6.07, 6.45) is 3.20. The normalized spacial score (nSPS) is 24.3. The molecule has 0 spiro atoms. The van der Waals surface area contributed by atoms with E-state index < -0.39 is 5.41 Å². The van der Waals surface area contributed by atoms with Crippen LogP contribution in [0.15, 0.2) is 60.7 Å². The Bertz CT molecular complexity index is 745. The second-order valence-electron chi connectivity index (χ2n) is 8.41. The van der Waals surface area contributed by atoms with Crippen LogP contribution in [0.2, 0.25) is 0 Å². The lowest BCUT2D eigenvalue weighted by molar-refractivity contribution is -0.123. The summed E-state index contributed by atoms with van der Waals surface area (Å²) in [5.41, 5.74) is 7.49. The van der Waals surface area contributed by atoms with Gasteiger partial charge in [-0.05, 0) is 43.4 Å². The van der Waals surface area contributed by atoms with Crippen molar-refractivity contribution in [2.24, 2.45) is 11.7 Å². The van der Waals surface area contributed by atoms with E-state index in [2.05, 4.69) is 41.1 Å². The Kier molecular flexibility index (Phi) is 5.51. The van der Waals surface area contributed by atoms with Crippen molar-refractivity contribution in [1.29, 1.82) is 0 Å². The second kappa shape index (κ2) is 8.06. The van der Waals surface area contributed by atoms with Crippen LogP contribution < -0.4 is 5.73 Å². The number of carbonyl (C=O) groups is 1. The van der Waals surface area contributed by atoms with E-state index in [-0.39, 0.29) is 11.8 Å². The first-order valence-electron chi connectivity index (χ1n) is 10.5. The zero-order valence-electron chi connectivity index (χ0n) is 16.8. The topological polar surface area (TPSA) is 49.6 Å². The highest BCUT2D eigenvalue weighted by molar-refractivity contribution is 5.91. The molecule has 0 aromatic heterocycles. The fourth-order valence-corrected chi connectivity index (χ4v) is 5.40. The van der Waals surface area contributed by atoms with E-state index in [4.69, 9.17) is 5.73 Å². The molecular formula is C24H31N3O. The van der Waals surface area contributed by atoms with E-state index in [0.717, 1.165) is 56.6 Å². The number of rotatable bonds is 5. The zero-order valence-corrected chi connectivity index (χ0v) is 16.8. The minimum absolute atomic E-state index is 0.222. The Balaban J connectivity index is 1.70. The van der Waals surface area contributed by atoms with Crippen LogP contribution in [0, 0.1) is 5.92 Å². The zero-order chi connectivity index (χ0) is 19.6. The van der Waals surface area contributed by atoms with Crippen LogP contribution in [0.5, 0.6) is 0 Å². The summed E-state index contributed by atoms with van der Waals surface area (Å²) in [6.45, 7) is 4.49. The lowest BCUT2D eigenvalue weighted by Crippen LogP contribution is -2.50. The van der Waals surface area contributed by atoms with Gasteiger partial charge in [0.15, 0.2) is 0 Å². The molecule has 1 saturated heterocycles. The molecule has 2 fully saturated rings. The number of piperazine rings is 1. The smallest absolute Gasteiger partial charge is 0.232 e. The summed E-state index contributed by atoms with van der Waals surface area (Å²) in [4.78, 5) is 18.2. The van der Waals surface area contributed by atoms with Crippen molar-refractivity contribution in [2.45, 2.75) is 30.7 Å². The number of nitrogens with zero attached hydrogens (tertiary/aromatic N) is 2. The first-order valence-corrected chi connectivity index (χ1v) is 10.5. The van der Waals surface area contributed by atoms with Crippen LogP contribution in [0.4, 0.5) is 0 Å². The Morgan fingerprint density at radius 2 is 1.43 bits per heavy atom. The highest BCUT2D eigenvalue weighted by atomic mass is 16.1. The van der Waals surface area contributed by atoms with E-state index in [1.54, 1.807) is 0 Å². The molecule has 2 aromatic carbocycles. The van der Waals surface area contributed by atoms with Gasteiger partial charge in [-0.1, -0.05) is 60.7 Å². The lowest BCUT2D eigenvalue weighted by Gasteiger charge is -2.39. The molecule has 2 aliphatic rings. The monoisotopic (exact) mass is 377 g/mol. The number of likely N-dealkylation sites (N-methyl/N-ethyl adjacent to an activating group) is 1. The van der Waals surface area contributed by atoms with E-state index in [0.29, 0.717) is 6.04 Å². The van der Waals surface area contributed by atoms with E-state index in [1.165, 1.54) is 0 Å². The van der Waals surface area contributed by atoms with Crippen molar-refractivity contribution in [3.05, 3.63) is 71.8 Å². The van der Waals surface area contributed by atoms with Crippen LogP contribution in [0.25, 0.3) is 0 Å². The van der Waals surface area contributed by atoms with Gasteiger partial charge in [0.05, 0.1) is 0 Å². The lowest BCUT2D eigenvalue weighted by atomic mass is 9.64. The molecule has 4 nitrogen and oxygen atoms in total. The molecule has 1 heterocycles. The molecule has 148 valence electrons. The molecule has 2 N–H and O–H groups in total. The van der Waals surface area contributed by atoms with Gasteiger partial charge in [-0.15, -0.1) is 0 Å². The van der Waals surface area contributed by atoms with Crippen LogP contribution in [0.3, 0.4) is 0 Å². The van der Waals surface area contributed by atoms with Gasteiger partial charge >= 0.3 is 0 Å². The Labute approximate surface area is 168 Å². The number of carbonyl (C=O) groups excluding carboxylic acids is 1. The minimum atomic E-state index is -0.760. The van der Waals surface area contributed by atoms with Gasteiger partial charge in [-0.3, -0.25) is 9.69 Å². The van der Waals surface area contributed by atoms with Gasteiger partial charge in [-0.25, -0.2) is 0 Å². The Hall–Kier alpha value is -2.17. The summed E-state index contributed by atoms with van der Waals surface area (Å²) in [6, 6.07) is 20.9. The number of benzene rings is 2. The summed E-state index contributed by atoms with van der Waals surface area (Å²) in [5, 5.41) is 0. The Morgan fingerprint density at radius 1 is 0.893 bits per heavy atom. The van der Waals surface area contributed by atoms with Crippen molar-refractivity contribution in [3.63, 3.8) is 0 Å². The molecule has 0 radical (unpaired) electrons. The molecule has 1 aliphatic heterocycles.